The van der Waals surface area contributed by atoms with Gasteiger partial charge in [-0.3, -0.25) is 0 Å². The van der Waals surface area contributed by atoms with Gasteiger partial charge in [-0.2, -0.15) is 0 Å². The zero-order chi connectivity index (χ0) is 21.2. The van der Waals surface area contributed by atoms with Crippen LogP contribution in [0.4, 0.5) is 0 Å². The highest BCUT2D eigenvalue weighted by Gasteiger charge is 2.14. The van der Waals surface area contributed by atoms with E-state index < -0.39 is 0 Å². The van der Waals surface area contributed by atoms with Crippen LogP contribution in [0.3, 0.4) is 0 Å². The number of allylic oxidation sites excluding steroid dienone is 1. The van der Waals surface area contributed by atoms with Gasteiger partial charge in [0.15, 0.2) is 0 Å². The van der Waals surface area contributed by atoms with Gasteiger partial charge in [-0.1, -0.05) is 54.6 Å². The number of hydrogen-bond donors (Lipinski definition) is 3. The van der Waals surface area contributed by atoms with Gasteiger partial charge in [0.1, 0.15) is 18.1 Å². The summed E-state index contributed by atoms with van der Waals surface area (Å²) >= 11 is 0. The second-order valence-corrected chi connectivity index (χ2v) is 7.07. The lowest BCUT2D eigenvalue weighted by molar-refractivity contribution is 0.290. The maximum atomic E-state index is 9.77. The lowest BCUT2D eigenvalue weighted by Crippen LogP contribution is -2.15. The van der Waals surface area contributed by atoms with E-state index in [2.05, 4.69) is 29.6 Å². The number of hydrogen-bond acceptors (Lipinski definition) is 4. The normalized spacial score (nSPS) is 11.4. The summed E-state index contributed by atoms with van der Waals surface area (Å²) in [6.07, 6.45) is 1.42. The van der Waals surface area contributed by atoms with Crippen LogP contribution in [0.2, 0.25) is 0 Å². The smallest absolute Gasteiger partial charge is 0.119 e. The van der Waals surface area contributed by atoms with Crippen molar-refractivity contribution in [3.05, 3.63) is 95.6 Å². The number of aliphatic hydroxyl groups excluding tert-OH is 1. The fourth-order valence-electron chi connectivity index (χ4n) is 3.44. The van der Waals surface area contributed by atoms with Crippen LogP contribution >= 0.6 is 12.4 Å². The molecule has 0 heterocycles. The van der Waals surface area contributed by atoms with Gasteiger partial charge in [-0.25, -0.2) is 0 Å². The lowest BCUT2D eigenvalue weighted by Gasteiger charge is -2.18. The molecule has 0 saturated carbocycles. The molecule has 0 saturated heterocycles. The van der Waals surface area contributed by atoms with E-state index in [1.165, 1.54) is 5.57 Å². The van der Waals surface area contributed by atoms with Crippen LogP contribution in [0.25, 0.3) is 11.1 Å². The third-order valence-corrected chi connectivity index (χ3v) is 4.93. The summed E-state index contributed by atoms with van der Waals surface area (Å²) in [4.78, 5) is 0. The number of halogens is 1. The number of aliphatic hydroxyl groups is 1. The fourth-order valence-corrected chi connectivity index (χ4v) is 3.44. The summed E-state index contributed by atoms with van der Waals surface area (Å²) in [6.45, 7) is 1.54. The third kappa shape index (κ3) is 6.86. The number of likely N-dealkylation sites (N-methyl/N-ethyl adjacent to an activating group) is 1. The Labute approximate surface area is 190 Å². The minimum absolute atomic E-state index is 0. The van der Waals surface area contributed by atoms with Crippen LogP contribution in [-0.2, 0) is 0 Å². The Hall–Kier alpha value is -2.79. The van der Waals surface area contributed by atoms with E-state index in [1.54, 1.807) is 12.1 Å². The Morgan fingerprint density at radius 2 is 1.45 bits per heavy atom. The van der Waals surface area contributed by atoms with E-state index in [9.17, 15) is 10.2 Å². The molecule has 4 nitrogen and oxygen atoms in total. The van der Waals surface area contributed by atoms with Gasteiger partial charge in [-0.05, 0) is 72.0 Å². The van der Waals surface area contributed by atoms with Gasteiger partial charge < -0.3 is 20.3 Å². The molecule has 3 rings (SSSR count). The highest BCUT2D eigenvalue weighted by molar-refractivity contribution is 5.98. The zero-order valence-electron chi connectivity index (χ0n) is 17.8. The van der Waals surface area contributed by atoms with Crippen molar-refractivity contribution in [2.45, 2.75) is 12.8 Å². The molecule has 3 N–H and O–H groups in total. The molecule has 0 aliphatic rings. The Bertz CT molecular complexity index is 939. The SMILES string of the molecule is CNCCOc1ccc(/C(=C(/CCCO)c2ccccc2)c2ccc(O)cc2)cc1.Cl. The number of aromatic hydroxyl groups is 1. The van der Waals surface area contributed by atoms with Crippen molar-refractivity contribution in [2.75, 3.05) is 26.8 Å². The molecule has 0 aliphatic carbocycles. The van der Waals surface area contributed by atoms with Crippen molar-refractivity contribution in [1.82, 2.24) is 5.32 Å². The second-order valence-electron chi connectivity index (χ2n) is 7.07. The maximum absolute atomic E-state index is 9.77. The first-order valence-corrected chi connectivity index (χ1v) is 10.3. The van der Waals surface area contributed by atoms with Crippen molar-refractivity contribution < 1.29 is 14.9 Å². The third-order valence-electron chi connectivity index (χ3n) is 4.93. The Morgan fingerprint density at radius 3 is 2.03 bits per heavy atom. The number of phenols is 1. The number of ether oxygens (including phenoxy) is 1. The maximum Gasteiger partial charge on any atom is 0.119 e. The molecule has 0 atom stereocenters. The molecule has 31 heavy (non-hydrogen) atoms. The van der Waals surface area contributed by atoms with Gasteiger partial charge in [-0.15, -0.1) is 12.4 Å². The van der Waals surface area contributed by atoms with E-state index in [-0.39, 0.29) is 24.8 Å². The van der Waals surface area contributed by atoms with Crippen LogP contribution in [0.5, 0.6) is 11.5 Å². The average molecular weight is 440 g/mol. The van der Waals surface area contributed by atoms with Gasteiger partial charge in [0.05, 0.1) is 0 Å². The second kappa shape index (κ2) is 12.8. The van der Waals surface area contributed by atoms with Gasteiger partial charge in [0.25, 0.3) is 0 Å². The van der Waals surface area contributed by atoms with Crippen molar-refractivity contribution in [2.24, 2.45) is 0 Å². The molecule has 0 bridgehead atoms. The minimum atomic E-state index is 0. The van der Waals surface area contributed by atoms with Crippen LogP contribution in [0, 0.1) is 0 Å². The van der Waals surface area contributed by atoms with Crippen LogP contribution in [-0.4, -0.2) is 37.0 Å². The predicted octanol–water partition coefficient (Wildman–Crippen LogP) is 5.14. The minimum Gasteiger partial charge on any atom is -0.508 e. The molecule has 0 spiro atoms. The van der Waals surface area contributed by atoms with E-state index in [4.69, 9.17) is 4.74 Å². The van der Waals surface area contributed by atoms with Crippen LogP contribution in [0.15, 0.2) is 78.9 Å². The summed E-state index contributed by atoms with van der Waals surface area (Å²) < 4.78 is 5.77. The highest BCUT2D eigenvalue weighted by Crippen LogP contribution is 2.36. The summed E-state index contributed by atoms with van der Waals surface area (Å²) in [5, 5.41) is 22.3. The summed E-state index contributed by atoms with van der Waals surface area (Å²) in [7, 11) is 1.90. The summed E-state index contributed by atoms with van der Waals surface area (Å²) in [5.74, 6) is 1.07. The molecule has 0 unspecified atom stereocenters. The molecule has 0 aromatic heterocycles. The molecule has 0 amide bonds. The first-order valence-electron chi connectivity index (χ1n) is 10.3. The topological polar surface area (TPSA) is 61.7 Å². The molecule has 0 fully saturated rings. The van der Waals surface area contributed by atoms with E-state index in [1.807, 2.05) is 49.5 Å². The first kappa shape index (κ1) is 24.5. The number of phenolic OH excluding ortho intramolecular Hbond substituents is 1. The van der Waals surface area contributed by atoms with Crippen molar-refractivity contribution in [3.63, 3.8) is 0 Å². The fraction of sp³-hybridized carbons (Fsp3) is 0.231. The molecular weight excluding hydrogens is 410 g/mol. The average Bonchev–Trinajstić information content (AvgIpc) is 2.79. The number of nitrogens with one attached hydrogen (secondary N) is 1. The van der Waals surface area contributed by atoms with Crippen LogP contribution in [0.1, 0.15) is 29.5 Å². The molecule has 5 heteroatoms. The Balaban J connectivity index is 0.00000341. The molecular formula is C26H30ClNO3. The molecule has 164 valence electrons. The lowest BCUT2D eigenvalue weighted by atomic mass is 9.87. The van der Waals surface area contributed by atoms with Gasteiger partial charge in [0.2, 0.25) is 0 Å². The number of rotatable bonds is 10. The van der Waals surface area contributed by atoms with Gasteiger partial charge in [0, 0.05) is 13.2 Å². The first-order chi connectivity index (χ1) is 14.7. The highest BCUT2D eigenvalue weighted by atomic mass is 35.5. The van der Waals surface area contributed by atoms with Crippen molar-refractivity contribution >= 4 is 23.6 Å². The molecule has 3 aromatic carbocycles. The largest absolute Gasteiger partial charge is 0.508 e. The predicted molar refractivity (Wildman–Crippen MR) is 130 cm³/mol. The molecule has 3 aromatic rings. The van der Waals surface area contributed by atoms with Crippen molar-refractivity contribution in [3.8, 4) is 11.5 Å². The van der Waals surface area contributed by atoms with Gasteiger partial charge >= 0.3 is 0 Å². The van der Waals surface area contributed by atoms with Crippen LogP contribution < -0.4 is 10.1 Å². The standard InChI is InChI=1S/C26H29NO3.ClH/c1-27-17-19-30-24-15-11-22(12-16-24)26(21-9-13-23(29)14-10-21)25(8-5-18-28)20-6-3-2-4-7-20;/h2-4,6-7,9-16,27-29H,5,8,17-19H2,1H3;1H/b26-25-;. The Kier molecular flexibility index (Phi) is 10.1. The van der Waals surface area contributed by atoms with E-state index >= 15 is 0 Å². The van der Waals surface area contributed by atoms with E-state index in [0.717, 1.165) is 41.0 Å². The molecule has 0 aliphatic heterocycles. The summed E-state index contributed by atoms with van der Waals surface area (Å²) in [6, 6.07) is 25.7. The number of benzene rings is 3. The monoisotopic (exact) mass is 439 g/mol. The molecule has 0 radical (unpaired) electrons. The Morgan fingerprint density at radius 1 is 0.839 bits per heavy atom. The summed E-state index contributed by atoms with van der Waals surface area (Å²) in [5.41, 5.74) is 5.48. The zero-order valence-corrected chi connectivity index (χ0v) is 18.6. The quantitative estimate of drug-likeness (QED) is 0.302. The van der Waals surface area contributed by atoms with E-state index in [0.29, 0.717) is 13.0 Å². The van der Waals surface area contributed by atoms with Crippen molar-refractivity contribution in [1.29, 1.82) is 0 Å².